The molecule has 0 atom stereocenters. The summed E-state index contributed by atoms with van der Waals surface area (Å²) in [4.78, 5) is 29.1. The predicted molar refractivity (Wildman–Crippen MR) is 103 cm³/mol. The molecular formula is C21H23ClN2O2. The first-order valence-corrected chi connectivity index (χ1v) is 9.30. The van der Waals surface area contributed by atoms with Crippen molar-refractivity contribution in [3.8, 4) is 0 Å². The van der Waals surface area contributed by atoms with Crippen LogP contribution in [0, 0.1) is 6.92 Å². The summed E-state index contributed by atoms with van der Waals surface area (Å²) >= 11 is 6.15. The Bertz CT molecular complexity index is 806. The molecule has 2 amide bonds. The van der Waals surface area contributed by atoms with Crippen LogP contribution in [-0.2, 0) is 11.2 Å². The van der Waals surface area contributed by atoms with Crippen LogP contribution in [0.1, 0.15) is 27.9 Å². The Kier molecular flexibility index (Phi) is 5.94. The van der Waals surface area contributed by atoms with Gasteiger partial charge in [-0.1, -0.05) is 48.0 Å². The summed E-state index contributed by atoms with van der Waals surface area (Å²) in [5.74, 6) is 0.0511. The van der Waals surface area contributed by atoms with Crippen LogP contribution in [0.4, 0.5) is 0 Å². The zero-order valence-electron chi connectivity index (χ0n) is 15.0. The molecule has 0 saturated carbocycles. The molecule has 0 N–H and O–H groups in total. The lowest BCUT2D eigenvalue weighted by Crippen LogP contribution is -2.38. The zero-order valence-corrected chi connectivity index (χ0v) is 15.7. The molecule has 2 aromatic carbocycles. The van der Waals surface area contributed by atoms with E-state index in [1.54, 1.807) is 17.0 Å². The van der Waals surface area contributed by atoms with E-state index in [2.05, 4.69) is 0 Å². The van der Waals surface area contributed by atoms with E-state index in [0.717, 1.165) is 17.5 Å². The van der Waals surface area contributed by atoms with E-state index in [9.17, 15) is 9.59 Å². The van der Waals surface area contributed by atoms with Crippen LogP contribution in [0.3, 0.4) is 0 Å². The molecule has 4 nitrogen and oxygen atoms in total. The SMILES string of the molecule is Cc1ccccc1CC(=O)N1CCCN(C(=O)c2ccccc2Cl)CC1. The van der Waals surface area contributed by atoms with Crippen molar-refractivity contribution in [2.24, 2.45) is 0 Å². The van der Waals surface area contributed by atoms with Crippen molar-refractivity contribution in [2.75, 3.05) is 26.2 Å². The van der Waals surface area contributed by atoms with Gasteiger partial charge in [0.2, 0.25) is 5.91 Å². The minimum Gasteiger partial charge on any atom is -0.341 e. The smallest absolute Gasteiger partial charge is 0.255 e. The molecule has 5 heteroatoms. The molecule has 1 saturated heterocycles. The van der Waals surface area contributed by atoms with Gasteiger partial charge in [0, 0.05) is 26.2 Å². The van der Waals surface area contributed by atoms with Crippen LogP contribution < -0.4 is 0 Å². The number of halogens is 1. The molecule has 1 heterocycles. The monoisotopic (exact) mass is 370 g/mol. The van der Waals surface area contributed by atoms with Gasteiger partial charge < -0.3 is 9.80 Å². The second kappa shape index (κ2) is 8.37. The van der Waals surface area contributed by atoms with Crippen molar-refractivity contribution >= 4 is 23.4 Å². The van der Waals surface area contributed by atoms with E-state index in [0.29, 0.717) is 43.2 Å². The first kappa shape index (κ1) is 18.5. The van der Waals surface area contributed by atoms with Gasteiger partial charge in [-0.3, -0.25) is 9.59 Å². The van der Waals surface area contributed by atoms with Crippen molar-refractivity contribution in [1.82, 2.24) is 9.80 Å². The standard InChI is InChI=1S/C21H23ClN2O2/c1-16-7-2-3-8-17(16)15-20(25)23-11-6-12-24(14-13-23)21(26)18-9-4-5-10-19(18)22/h2-5,7-10H,6,11-15H2,1H3. The molecule has 3 rings (SSSR count). The van der Waals surface area contributed by atoms with Crippen LogP contribution in [0.15, 0.2) is 48.5 Å². The largest absolute Gasteiger partial charge is 0.341 e. The van der Waals surface area contributed by atoms with Crippen molar-refractivity contribution < 1.29 is 9.59 Å². The summed E-state index contributed by atoms with van der Waals surface area (Å²) in [7, 11) is 0. The van der Waals surface area contributed by atoms with Gasteiger partial charge in [-0.15, -0.1) is 0 Å². The number of nitrogens with zero attached hydrogens (tertiary/aromatic N) is 2. The van der Waals surface area contributed by atoms with Crippen molar-refractivity contribution in [1.29, 1.82) is 0 Å². The number of carbonyl (C=O) groups excluding carboxylic acids is 2. The summed E-state index contributed by atoms with van der Waals surface area (Å²) < 4.78 is 0. The molecule has 0 bridgehead atoms. The maximum absolute atomic E-state index is 12.7. The molecule has 0 unspecified atom stereocenters. The van der Waals surface area contributed by atoms with Gasteiger partial charge in [0.1, 0.15) is 0 Å². The molecule has 2 aromatic rings. The second-order valence-corrected chi connectivity index (χ2v) is 7.02. The topological polar surface area (TPSA) is 40.6 Å². The molecule has 136 valence electrons. The van der Waals surface area contributed by atoms with E-state index in [1.165, 1.54) is 0 Å². The van der Waals surface area contributed by atoms with Crippen LogP contribution >= 0.6 is 11.6 Å². The molecule has 1 aliphatic rings. The van der Waals surface area contributed by atoms with Crippen LogP contribution in [-0.4, -0.2) is 47.8 Å². The lowest BCUT2D eigenvalue weighted by Gasteiger charge is -2.23. The summed E-state index contributed by atoms with van der Waals surface area (Å²) in [6.45, 7) is 4.43. The van der Waals surface area contributed by atoms with Crippen molar-refractivity contribution in [3.63, 3.8) is 0 Å². The Morgan fingerprint density at radius 1 is 0.923 bits per heavy atom. The second-order valence-electron chi connectivity index (χ2n) is 6.61. The minimum absolute atomic E-state index is 0.0659. The van der Waals surface area contributed by atoms with Gasteiger partial charge in [-0.05, 0) is 36.6 Å². The molecule has 0 aliphatic carbocycles. The third-order valence-electron chi connectivity index (χ3n) is 4.84. The average molecular weight is 371 g/mol. The van der Waals surface area contributed by atoms with Crippen LogP contribution in [0.5, 0.6) is 0 Å². The Balaban J connectivity index is 1.63. The van der Waals surface area contributed by atoms with Crippen LogP contribution in [0.2, 0.25) is 5.02 Å². The number of rotatable bonds is 3. The molecule has 26 heavy (non-hydrogen) atoms. The predicted octanol–water partition coefficient (Wildman–Crippen LogP) is 3.57. The van der Waals surface area contributed by atoms with E-state index < -0.39 is 0 Å². The fourth-order valence-corrected chi connectivity index (χ4v) is 3.47. The van der Waals surface area contributed by atoms with E-state index in [4.69, 9.17) is 11.6 Å². The first-order chi connectivity index (χ1) is 12.6. The number of aryl methyl sites for hydroxylation is 1. The highest BCUT2D eigenvalue weighted by Crippen LogP contribution is 2.18. The fourth-order valence-electron chi connectivity index (χ4n) is 3.26. The normalized spacial score (nSPS) is 14.8. The van der Waals surface area contributed by atoms with Gasteiger partial charge in [0.15, 0.2) is 0 Å². The summed E-state index contributed by atoms with van der Waals surface area (Å²) in [6, 6.07) is 15.1. The van der Waals surface area contributed by atoms with E-state index >= 15 is 0 Å². The Morgan fingerprint density at radius 3 is 2.35 bits per heavy atom. The Hall–Kier alpha value is -2.33. The van der Waals surface area contributed by atoms with Gasteiger partial charge in [-0.25, -0.2) is 0 Å². The molecule has 0 aromatic heterocycles. The highest BCUT2D eigenvalue weighted by Gasteiger charge is 2.24. The van der Waals surface area contributed by atoms with Gasteiger partial charge in [0.25, 0.3) is 5.91 Å². The maximum atomic E-state index is 12.7. The third kappa shape index (κ3) is 4.25. The number of hydrogen-bond acceptors (Lipinski definition) is 2. The molecule has 0 spiro atoms. The lowest BCUT2D eigenvalue weighted by molar-refractivity contribution is -0.130. The number of hydrogen-bond donors (Lipinski definition) is 0. The van der Waals surface area contributed by atoms with Crippen molar-refractivity contribution in [3.05, 3.63) is 70.2 Å². The van der Waals surface area contributed by atoms with Gasteiger partial charge in [-0.2, -0.15) is 0 Å². The zero-order chi connectivity index (χ0) is 18.5. The van der Waals surface area contributed by atoms with Crippen LogP contribution in [0.25, 0.3) is 0 Å². The molecule has 0 radical (unpaired) electrons. The summed E-state index contributed by atoms with van der Waals surface area (Å²) in [5.41, 5.74) is 2.71. The Morgan fingerprint density at radius 2 is 1.58 bits per heavy atom. The van der Waals surface area contributed by atoms with Crippen molar-refractivity contribution in [2.45, 2.75) is 19.8 Å². The van der Waals surface area contributed by atoms with E-state index in [-0.39, 0.29) is 11.8 Å². The van der Waals surface area contributed by atoms with Gasteiger partial charge in [0.05, 0.1) is 17.0 Å². The lowest BCUT2D eigenvalue weighted by atomic mass is 10.1. The highest BCUT2D eigenvalue weighted by atomic mass is 35.5. The summed E-state index contributed by atoms with van der Waals surface area (Å²) in [5, 5.41) is 0.467. The third-order valence-corrected chi connectivity index (χ3v) is 5.17. The number of carbonyl (C=O) groups is 2. The quantitative estimate of drug-likeness (QED) is 0.828. The van der Waals surface area contributed by atoms with E-state index in [1.807, 2.05) is 48.2 Å². The molecule has 1 fully saturated rings. The number of benzene rings is 2. The molecular weight excluding hydrogens is 348 g/mol. The first-order valence-electron chi connectivity index (χ1n) is 8.92. The maximum Gasteiger partial charge on any atom is 0.255 e. The summed E-state index contributed by atoms with van der Waals surface area (Å²) in [6.07, 6.45) is 1.18. The fraction of sp³-hybridized carbons (Fsp3) is 0.333. The number of amides is 2. The minimum atomic E-state index is -0.0659. The Labute approximate surface area is 159 Å². The molecule has 1 aliphatic heterocycles. The van der Waals surface area contributed by atoms with Gasteiger partial charge >= 0.3 is 0 Å². The average Bonchev–Trinajstić information content (AvgIpc) is 2.90. The highest BCUT2D eigenvalue weighted by molar-refractivity contribution is 6.33.